The van der Waals surface area contributed by atoms with Crippen molar-refractivity contribution in [2.45, 2.75) is 119 Å². The number of imide groups is 1. The fraction of sp³-hybridized carbons (Fsp3) is 0.875. The Morgan fingerprint density at radius 1 is 0.816 bits per heavy atom. The number of piperidine rings is 1. The molecule has 5 unspecified atom stereocenters. The van der Waals surface area contributed by atoms with E-state index in [0.717, 1.165) is 12.8 Å². The van der Waals surface area contributed by atoms with Crippen LogP contribution in [0.5, 0.6) is 0 Å². The van der Waals surface area contributed by atoms with Gasteiger partial charge in [-0.1, -0.05) is 48.5 Å². The summed E-state index contributed by atoms with van der Waals surface area (Å²) in [6.45, 7) is 23.6. The van der Waals surface area contributed by atoms with Crippen molar-refractivity contribution in [1.29, 1.82) is 0 Å². The Balaban J connectivity index is 1.82. The molecule has 3 rings (SSSR count). The Labute approximate surface area is 231 Å². The second kappa shape index (κ2) is 10.1. The van der Waals surface area contributed by atoms with Crippen molar-refractivity contribution in [2.75, 3.05) is 13.6 Å². The topological polar surface area (TPSA) is 74.8 Å². The fourth-order valence-corrected chi connectivity index (χ4v) is 8.23. The molecule has 2 saturated heterocycles. The number of hydrogen-bond donors (Lipinski definition) is 0. The molecule has 38 heavy (non-hydrogen) atoms. The zero-order chi connectivity index (χ0) is 29.2. The molecule has 2 heterocycles. The smallest absolute Gasteiger partial charge is 0.233 e. The first-order valence-corrected chi connectivity index (χ1v) is 14.8. The highest BCUT2D eigenvalue weighted by molar-refractivity contribution is 6.11. The summed E-state index contributed by atoms with van der Waals surface area (Å²) in [6.07, 6.45) is 3.49. The van der Waals surface area contributed by atoms with Gasteiger partial charge in [-0.05, 0) is 83.6 Å². The molecule has 0 N–H and O–H groups in total. The van der Waals surface area contributed by atoms with Crippen LogP contribution < -0.4 is 0 Å². The van der Waals surface area contributed by atoms with Crippen LogP contribution >= 0.6 is 0 Å². The van der Waals surface area contributed by atoms with E-state index in [1.54, 1.807) is 0 Å². The van der Waals surface area contributed by atoms with E-state index in [0.29, 0.717) is 25.8 Å². The Morgan fingerprint density at radius 3 is 1.82 bits per heavy atom. The third-order valence-corrected chi connectivity index (χ3v) is 10.3. The number of hydrogen-bond acceptors (Lipinski definition) is 5. The quantitative estimate of drug-likeness (QED) is 0.309. The first kappa shape index (κ1) is 31.0. The number of ketones is 2. The number of likely N-dealkylation sites (tertiary alicyclic amines) is 2. The molecule has 1 saturated carbocycles. The molecule has 0 aromatic carbocycles. The van der Waals surface area contributed by atoms with Crippen molar-refractivity contribution >= 4 is 23.4 Å². The van der Waals surface area contributed by atoms with Gasteiger partial charge in [-0.3, -0.25) is 29.0 Å². The lowest BCUT2D eigenvalue weighted by molar-refractivity contribution is -0.142. The van der Waals surface area contributed by atoms with E-state index in [1.165, 1.54) is 4.90 Å². The lowest BCUT2D eigenvalue weighted by Gasteiger charge is -2.54. The SMILES string of the molecule is CCC1C(=O)C(CC(C)(C)C)C(C(C)(C)CC2C(=O)N(CC3CC(C)(C)N(C)C(C)(C)C3)C(=O)C2C)C1=O. The summed E-state index contributed by atoms with van der Waals surface area (Å²) in [5, 5.41) is 0. The normalized spacial score (nSPS) is 33.1. The van der Waals surface area contributed by atoms with Crippen LogP contribution in [-0.4, -0.2) is 57.9 Å². The lowest BCUT2D eigenvalue weighted by atomic mass is 9.64. The number of carbonyl (C=O) groups excluding carboxylic acids is 4. The van der Waals surface area contributed by atoms with Crippen molar-refractivity contribution in [3.63, 3.8) is 0 Å². The molecule has 0 spiro atoms. The van der Waals surface area contributed by atoms with Crippen LogP contribution in [0.25, 0.3) is 0 Å². The maximum Gasteiger partial charge on any atom is 0.233 e. The molecule has 0 aromatic heterocycles. The first-order valence-electron chi connectivity index (χ1n) is 14.8. The molecule has 2 aliphatic heterocycles. The Hall–Kier alpha value is -1.56. The van der Waals surface area contributed by atoms with Gasteiger partial charge in [-0.15, -0.1) is 0 Å². The molecule has 6 heteroatoms. The van der Waals surface area contributed by atoms with Crippen LogP contribution in [-0.2, 0) is 19.2 Å². The van der Waals surface area contributed by atoms with Gasteiger partial charge in [-0.25, -0.2) is 0 Å². The van der Waals surface area contributed by atoms with Gasteiger partial charge in [0.05, 0.1) is 11.8 Å². The minimum absolute atomic E-state index is 0.0154. The Bertz CT molecular complexity index is 954. The summed E-state index contributed by atoms with van der Waals surface area (Å²) in [6, 6.07) is 0. The number of amides is 2. The van der Waals surface area contributed by atoms with E-state index in [1.807, 2.05) is 27.7 Å². The van der Waals surface area contributed by atoms with Gasteiger partial charge in [0.25, 0.3) is 0 Å². The van der Waals surface area contributed by atoms with E-state index >= 15 is 0 Å². The van der Waals surface area contributed by atoms with Gasteiger partial charge in [-0.2, -0.15) is 0 Å². The van der Waals surface area contributed by atoms with Crippen molar-refractivity contribution in [3.8, 4) is 0 Å². The number of Topliss-reactive ketones (excluding diaryl/α,β-unsaturated/α-hetero) is 2. The molecule has 0 radical (unpaired) electrons. The van der Waals surface area contributed by atoms with E-state index in [2.05, 4.69) is 60.4 Å². The van der Waals surface area contributed by atoms with Crippen molar-refractivity contribution in [1.82, 2.24) is 9.80 Å². The molecule has 2 amide bonds. The maximum atomic E-state index is 13.8. The van der Waals surface area contributed by atoms with Crippen LogP contribution in [0.15, 0.2) is 0 Å². The highest BCUT2D eigenvalue weighted by atomic mass is 16.2. The second-order valence-electron chi connectivity index (χ2n) is 15.9. The van der Waals surface area contributed by atoms with Crippen LogP contribution in [0.3, 0.4) is 0 Å². The minimum Gasteiger partial charge on any atom is -0.299 e. The second-order valence-corrected chi connectivity index (χ2v) is 15.9. The standard InChI is InChI=1S/C32H54N2O4/c1-13-21-25(35)23(16-29(3,4)5)24(26(21)36)30(6,7)17-22-19(2)27(37)34(28(22)38)18-20-14-31(8,9)33(12)32(10,11)15-20/h19-24H,13-18H2,1-12H3. The lowest BCUT2D eigenvalue weighted by Crippen LogP contribution is -2.59. The molecule has 5 atom stereocenters. The fourth-order valence-electron chi connectivity index (χ4n) is 8.23. The summed E-state index contributed by atoms with van der Waals surface area (Å²) in [5.74, 6) is -1.99. The number of nitrogens with zero attached hydrogens (tertiary/aromatic N) is 2. The zero-order valence-electron chi connectivity index (χ0n) is 26.2. The molecule has 0 bridgehead atoms. The summed E-state index contributed by atoms with van der Waals surface area (Å²) < 4.78 is 0. The van der Waals surface area contributed by atoms with Gasteiger partial charge in [0.2, 0.25) is 11.8 Å². The van der Waals surface area contributed by atoms with Crippen molar-refractivity contribution in [2.24, 2.45) is 46.3 Å². The van der Waals surface area contributed by atoms with Gasteiger partial charge < -0.3 is 0 Å². The Morgan fingerprint density at radius 2 is 1.34 bits per heavy atom. The molecule has 1 aliphatic carbocycles. The average Bonchev–Trinajstić information content (AvgIpc) is 3.10. The third kappa shape index (κ3) is 5.67. The van der Waals surface area contributed by atoms with Gasteiger partial charge >= 0.3 is 0 Å². The van der Waals surface area contributed by atoms with Crippen molar-refractivity contribution in [3.05, 3.63) is 0 Å². The Kier molecular flexibility index (Phi) is 8.25. The van der Waals surface area contributed by atoms with Gasteiger partial charge in [0.15, 0.2) is 0 Å². The van der Waals surface area contributed by atoms with Gasteiger partial charge in [0.1, 0.15) is 11.6 Å². The predicted molar refractivity (Wildman–Crippen MR) is 151 cm³/mol. The van der Waals surface area contributed by atoms with E-state index < -0.39 is 29.1 Å². The molecule has 3 fully saturated rings. The third-order valence-electron chi connectivity index (χ3n) is 10.3. The summed E-state index contributed by atoms with van der Waals surface area (Å²) >= 11 is 0. The number of carbonyl (C=O) groups is 4. The molecular weight excluding hydrogens is 476 g/mol. The van der Waals surface area contributed by atoms with Crippen LogP contribution in [0, 0.1) is 46.3 Å². The van der Waals surface area contributed by atoms with Crippen LogP contribution in [0.2, 0.25) is 0 Å². The predicted octanol–water partition coefficient (Wildman–Crippen LogP) is 5.77. The molecular formula is C32H54N2O4. The van der Waals surface area contributed by atoms with Crippen LogP contribution in [0.4, 0.5) is 0 Å². The summed E-state index contributed by atoms with van der Waals surface area (Å²) in [5.41, 5.74) is -0.678. The minimum atomic E-state index is -0.561. The van der Waals surface area contributed by atoms with Gasteiger partial charge in [0, 0.05) is 35.4 Å². The highest BCUT2D eigenvalue weighted by Gasteiger charge is 2.57. The maximum absolute atomic E-state index is 13.8. The average molecular weight is 531 g/mol. The van der Waals surface area contributed by atoms with Crippen molar-refractivity contribution < 1.29 is 19.2 Å². The summed E-state index contributed by atoms with van der Waals surface area (Å²) in [7, 11) is 2.16. The van der Waals surface area contributed by atoms with E-state index in [4.69, 9.17) is 0 Å². The first-order chi connectivity index (χ1) is 17.1. The van der Waals surface area contributed by atoms with Crippen LogP contribution in [0.1, 0.15) is 108 Å². The molecule has 216 valence electrons. The highest BCUT2D eigenvalue weighted by Crippen LogP contribution is 2.51. The van der Waals surface area contributed by atoms with E-state index in [-0.39, 0.29) is 51.7 Å². The van der Waals surface area contributed by atoms with E-state index in [9.17, 15) is 19.2 Å². The zero-order valence-corrected chi connectivity index (χ0v) is 26.2. The monoisotopic (exact) mass is 530 g/mol. The molecule has 6 nitrogen and oxygen atoms in total. The molecule has 0 aromatic rings. The largest absolute Gasteiger partial charge is 0.299 e. The number of rotatable bonds is 7. The summed E-state index contributed by atoms with van der Waals surface area (Å²) in [4.78, 5) is 58.1. The molecule has 3 aliphatic rings.